The van der Waals surface area contributed by atoms with E-state index in [0.29, 0.717) is 10.9 Å². The second-order valence-electron chi connectivity index (χ2n) is 9.04. The molecule has 0 saturated carbocycles. The Morgan fingerprint density at radius 3 is 2.44 bits per heavy atom. The summed E-state index contributed by atoms with van der Waals surface area (Å²) < 4.78 is 13.5. The van der Waals surface area contributed by atoms with E-state index in [4.69, 9.17) is 26.7 Å². The first-order valence-electron chi connectivity index (χ1n) is 11.9. The summed E-state index contributed by atoms with van der Waals surface area (Å²) in [6, 6.07) is 22.4. The minimum absolute atomic E-state index is 0.139. The van der Waals surface area contributed by atoms with Crippen LogP contribution in [0.3, 0.4) is 0 Å². The zero-order valence-electron chi connectivity index (χ0n) is 21.1. The van der Waals surface area contributed by atoms with Crippen LogP contribution in [0.25, 0.3) is 5.69 Å². The predicted octanol–water partition coefficient (Wildman–Crippen LogP) is 5.99. The molecule has 36 heavy (non-hydrogen) atoms. The van der Waals surface area contributed by atoms with Gasteiger partial charge in [0.15, 0.2) is 5.11 Å². The Balaban J connectivity index is 1.70. The van der Waals surface area contributed by atoms with Gasteiger partial charge in [0.25, 0.3) is 0 Å². The number of anilines is 1. The summed E-state index contributed by atoms with van der Waals surface area (Å²) in [5.41, 5.74) is 7.67. The lowest BCUT2D eigenvalue weighted by Gasteiger charge is -2.29. The minimum Gasteiger partial charge on any atom is -0.497 e. The number of benzene rings is 2. The van der Waals surface area contributed by atoms with E-state index in [1.165, 1.54) is 11.1 Å². The Bertz CT molecular complexity index is 1420. The number of thiocarbonyl (C=S) groups is 1. The van der Waals surface area contributed by atoms with Gasteiger partial charge in [-0.25, -0.2) is 0 Å². The summed E-state index contributed by atoms with van der Waals surface area (Å²) in [7, 11) is 3.32. The van der Waals surface area contributed by atoms with Gasteiger partial charge in [-0.15, -0.1) is 0 Å². The molecular formula is C29H30N4O2S. The van der Waals surface area contributed by atoms with E-state index in [0.717, 1.165) is 34.2 Å². The molecule has 0 amide bonds. The summed E-state index contributed by atoms with van der Waals surface area (Å²) in [5.74, 6) is 1.42. The van der Waals surface area contributed by atoms with Crippen LogP contribution < -0.4 is 19.7 Å². The average molecular weight is 499 g/mol. The molecule has 2 aromatic heterocycles. The van der Waals surface area contributed by atoms with Crippen molar-refractivity contribution in [3.05, 3.63) is 101 Å². The largest absolute Gasteiger partial charge is 0.497 e. The number of hydrogen-bond donors (Lipinski definition) is 1. The molecule has 1 fully saturated rings. The Labute approximate surface area is 217 Å². The Hall–Kier alpha value is -3.84. The van der Waals surface area contributed by atoms with Gasteiger partial charge >= 0.3 is 0 Å². The summed E-state index contributed by atoms with van der Waals surface area (Å²) >= 11 is 5.93. The second-order valence-corrected chi connectivity index (χ2v) is 9.42. The fourth-order valence-corrected chi connectivity index (χ4v) is 5.50. The zero-order chi connectivity index (χ0) is 25.4. The highest BCUT2D eigenvalue weighted by atomic mass is 32.1. The number of methoxy groups -OCH3 is 2. The molecule has 1 saturated heterocycles. The maximum atomic E-state index is 5.93. The van der Waals surface area contributed by atoms with E-state index in [2.05, 4.69) is 65.9 Å². The Morgan fingerprint density at radius 2 is 1.75 bits per heavy atom. The van der Waals surface area contributed by atoms with E-state index >= 15 is 0 Å². The summed E-state index contributed by atoms with van der Waals surface area (Å²) in [4.78, 5) is 6.84. The van der Waals surface area contributed by atoms with Gasteiger partial charge < -0.3 is 24.3 Å². The van der Waals surface area contributed by atoms with Crippen molar-refractivity contribution in [1.29, 1.82) is 0 Å². The number of aromatic nitrogens is 2. The number of nitrogens with one attached hydrogen (secondary N) is 1. The molecular weight excluding hydrogens is 468 g/mol. The summed E-state index contributed by atoms with van der Waals surface area (Å²) in [6.07, 6.45) is 1.82. The van der Waals surface area contributed by atoms with Gasteiger partial charge in [0, 0.05) is 29.3 Å². The van der Waals surface area contributed by atoms with E-state index < -0.39 is 0 Å². The number of aryl methyl sites for hydroxylation is 2. The van der Waals surface area contributed by atoms with Crippen molar-refractivity contribution in [2.75, 3.05) is 19.1 Å². The van der Waals surface area contributed by atoms with Crippen molar-refractivity contribution in [2.24, 2.45) is 0 Å². The number of hydrogen-bond acceptors (Lipinski definition) is 4. The van der Waals surface area contributed by atoms with Gasteiger partial charge in [0.2, 0.25) is 0 Å². The Kier molecular flexibility index (Phi) is 6.41. The molecule has 0 radical (unpaired) electrons. The molecule has 2 atom stereocenters. The first-order valence-corrected chi connectivity index (χ1v) is 12.3. The molecule has 2 unspecified atom stereocenters. The smallest absolute Gasteiger partial charge is 0.174 e. The fourth-order valence-electron chi connectivity index (χ4n) is 5.17. The van der Waals surface area contributed by atoms with E-state index in [9.17, 15) is 0 Å². The number of ether oxygens (including phenoxy) is 2. The number of nitrogens with zero attached hydrogens (tertiary/aromatic N) is 3. The SMILES string of the molecule is COc1ccc(N2C(=S)NC(c3ccccn3)C2c2cc(C)n(-c3cccc(C)c3)c2C)c(OC)c1. The van der Waals surface area contributed by atoms with Crippen LogP contribution in [0.15, 0.2) is 72.9 Å². The predicted molar refractivity (Wildman–Crippen MR) is 147 cm³/mol. The van der Waals surface area contributed by atoms with Crippen LogP contribution in [-0.2, 0) is 0 Å². The molecule has 1 N–H and O–H groups in total. The first kappa shape index (κ1) is 23.9. The van der Waals surface area contributed by atoms with Crippen LogP contribution in [-0.4, -0.2) is 28.9 Å². The lowest BCUT2D eigenvalue weighted by atomic mass is 9.96. The van der Waals surface area contributed by atoms with Crippen LogP contribution in [0.1, 0.15) is 40.3 Å². The van der Waals surface area contributed by atoms with Crippen molar-refractivity contribution in [3.8, 4) is 17.2 Å². The van der Waals surface area contributed by atoms with Gasteiger partial charge in [0.1, 0.15) is 11.5 Å². The van der Waals surface area contributed by atoms with Crippen LogP contribution >= 0.6 is 12.2 Å². The molecule has 0 bridgehead atoms. The van der Waals surface area contributed by atoms with Crippen molar-refractivity contribution in [3.63, 3.8) is 0 Å². The highest BCUT2D eigenvalue weighted by Gasteiger charge is 2.43. The molecule has 1 aliphatic rings. The third kappa shape index (κ3) is 4.09. The monoisotopic (exact) mass is 498 g/mol. The highest BCUT2D eigenvalue weighted by Crippen LogP contribution is 2.46. The summed E-state index contributed by atoms with van der Waals surface area (Å²) in [5, 5.41) is 4.18. The summed E-state index contributed by atoms with van der Waals surface area (Å²) in [6.45, 7) is 6.44. The van der Waals surface area contributed by atoms with Gasteiger partial charge in [0.05, 0.1) is 37.7 Å². The molecule has 7 heteroatoms. The maximum Gasteiger partial charge on any atom is 0.174 e. The van der Waals surface area contributed by atoms with Crippen LogP contribution in [0, 0.1) is 20.8 Å². The molecule has 5 rings (SSSR count). The third-order valence-corrected chi connectivity index (χ3v) is 7.11. The lowest BCUT2D eigenvalue weighted by molar-refractivity contribution is 0.394. The molecule has 3 heterocycles. The van der Waals surface area contributed by atoms with Crippen LogP contribution in [0.2, 0.25) is 0 Å². The van der Waals surface area contributed by atoms with Gasteiger partial charge in [-0.2, -0.15) is 0 Å². The quantitative estimate of drug-likeness (QED) is 0.330. The zero-order valence-corrected chi connectivity index (χ0v) is 22.0. The fraction of sp³-hybridized carbons (Fsp3) is 0.241. The minimum atomic E-state index is -0.142. The molecule has 6 nitrogen and oxygen atoms in total. The average Bonchev–Trinajstić information content (AvgIpc) is 3.38. The Morgan fingerprint density at radius 1 is 0.917 bits per heavy atom. The number of pyridine rings is 1. The van der Waals surface area contributed by atoms with Crippen molar-refractivity contribution < 1.29 is 9.47 Å². The van der Waals surface area contributed by atoms with Gasteiger partial charge in [-0.1, -0.05) is 18.2 Å². The number of rotatable bonds is 6. The normalized spacial score (nSPS) is 17.2. The second kappa shape index (κ2) is 9.66. The van der Waals surface area contributed by atoms with Crippen LogP contribution in [0.5, 0.6) is 11.5 Å². The van der Waals surface area contributed by atoms with Crippen molar-refractivity contribution in [2.45, 2.75) is 32.9 Å². The lowest BCUT2D eigenvalue weighted by Crippen LogP contribution is -2.30. The molecule has 0 spiro atoms. The van der Waals surface area contributed by atoms with Crippen molar-refractivity contribution >= 4 is 23.0 Å². The maximum absolute atomic E-state index is 5.93. The van der Waals surface area contributed by atoms with E-state index in [1.54, 1.807) is 14.2 Å². The van der Waals surface area contributed by atoms with Crippen molar-refractivity contribution in [1.82, 2.24) is 14.9 Å². The topological polar surface area (TPSA) is 51.5 Å². The highest BCUT2D eigenvalue weighted by molar-refractivity contribution is 7.80. The first-order chi connectivity index (χ1) is 17.4. The molecule has 4 aromatic rings. The van der Waals surface area contributed by atoms with Gasteiger partial charge in [-0.3, -0.25) is 4.98 Å². The molecule has 0 aliphatic carbocycles. The standard InChI is InChI=1S/C29H30N4O2S/c1-18-9-8-10-21(15-18)32-19(2)16-23(20(32)3)28-27(24-11-6-7-14-30-24)31-29(36)33(28)25-13-12-22(34-4)17-26(25)35-5/h6-17,27-28H,1-5H3,(H,31,36). The molecule has 184 valence electrons. The van der Waals surface area contributed by atoms with Crippen LogP contribution in [0.4, 0.5) is 5.69 Å². The third-order valence-electron chi connectivity index (χ3n) is 6.79. The van der Waals surface area contributed by atoms with Gasteiger partial charge in [-0.05, 0) is 86.6 Å². The van der Waals surface area contributed by atoms with E-state index in [1.807, 2.05) is 42.6 Å². The molecule has 2 aromatic carbocycles. The molecule has 1 aliphatic heterocycles. The van der Waals surface area contributed by atoms with E-state index in [-0.39, 0.29) is 12.1 Å².